The van der Waals surface area contributed by atoms with Gasteiger partial charge in [0.05, 0.1) is 15.7 Å². The molecule has 0 spiro atoms. The van der Waals surface area contributed by atoms with Crippen molar-refractivity contribution in [1.82, 2.24) is 0 Å². The van der Waals surface area contributed by atoms with Crippen LogP contribution in [0, 0.1) is 5.82 Å². The number of anilines is 1. The van der Waals surface area contributed by atoms with Crippen LogP contribution in [0.25, 0.3) is 0 Å². The molecule has 0 atom stereocenters. The van der Waals surface area contributed by atoms with E-state index < -0.39 is 23.0 Å². The van der Waals surface area contributed by atoms with Crippen molar-refractivity contribution in [2.45, 2.75) is 0 Å². The lowest BCUT2D eigenvalue weighted by Gasteiger charge is -2.11. The second-order valence-electron chi connectivity index (χ2n) is 3.83. The lowest BCUT2D eigenvalue weighted by Crippen LogP contribution is -2.14. The van der Waals surface area contributed by atoms with Crippen LogP contribution in [0.4, 0.5) is 10.1 Å². The van der Waals surface area contributed by atoms with E-state index in [2.05, 4.69) is 21.2 Å². The number of hydrogen-bond donors (Lipinski definition) is 2. The molecule has 2 aromatic rings. The van der Waals surface area contributed by atoms with Gasteiger partial charge in [-0.1, -0.05) is 45.2 Å². The van der Waals surface area contributed by atoms with Crippen LogP contribution in [-0.2, 0) is 0 Å². The second kappa shape index (κ2) is 5.99. The van der Waals surface area contributed by atoms with Gasteiger partial charge in [-0.3, -0.25) is 4.79 Å². The monoisotopic (exact) mass is 377 g/mol. The Morgan fingerprint density at radius 3 is 2.40 bits per heavy atom. The van der Waals surface area contributed by atoms with Gasteiger partial charge in [-0.2, -0.15) is 0 Å². The first-order chi connectivity index (χ1) is 9.40. The number of amides is 1. The lowest BCUT2D eigenvalue weighted by molar-refractivity contribution is 0.102. The summed E-state index contributed by atoms with van der Waals surface area (Å²) in [4.78, 5) is 12.0. The zero-order valence-corrected chi connectivity index (χ0v) is 12.9. The minimum atomic E-state index is -0.841. The standard InChI is InChI=1S/C13H7BrCl2FNO2/c14-6-4-7(15)12(8(16)5-6)18-13(20)11-9(17)2-1-3-10(11)19/h1-5,19H,(H,18,20). The van der Waals surface area contributed by atoms with E-state index in [0.29, 0.717) is 4.47 Å². The van der Waals surface area contributed by atoms with E-state index in [0.717, 1.165) is 6.07 Å². The lowest BCUT2D eigenvalue weighted by atomic mass is 10.1. The van der Waals surface area contributed by atoms with Crippen LogP contribution in [-0.4, -0.2) is 11.0 Å². The summed E-state index contributed by atoms with van der Waals surface area (Å²) in [5.74, 6) is -2.15. The largest absolute Gasteiger partial charge is 0.507 e. The van der Waals surface area contributed by atoms with Crippen LogP contribution < -0.4 is 5.32 Å². The number of hydrogen-bond acceptors (Lipinski definition) is 2. The molecule has 0 unspecified atom stereocenters. The minimum Gasteiger partial charge on any atom is -0.507 e. The van der Waals surface area contributed by atoms with Gasteiger partial charge in [-0.25, -0.2) is 4.39 Å². The number of phenols is 1. The predicted octanol–water partition coefficient (Wildman–Crippen LogP) is 4.85. The van der Waals surface area contributed by atoms with E-state index >= 15 is 0 Å². The molecule has 20 heavy (non-hydrogen) atoms. The van der Waals surface area contributed by atoms with Gasteiger partial charge in [0.2, 0.25) is 0 Å². The number of benzene rings is 2. The van der Waals surface area contributed by atoms with Crippen LogP contribution in [0.5, 0.6) is 5.75 Å². The van der Waals surface area contributed by atoms with Gasteiger partial charge in [-0.15, -0.1) is 0 Å². The molecular weight excluding hydrogens is 372 g/mol. The Morgan fingerprint density at radius 1 is 1.25 bits per heavy atom. The SMILES string of the molecule is O=C(Nc1c(Cl)cc(Br)cc1Cl)c1c(O)cccc1F. The first-order valence-electron chi connectivity index (χ1n) is 5.33. The van der Waals surface area contributed by atoms with Crippen LogP contribution in [0.1, 0.15) is 10.4 Å². The van der Waals surface area contributed by atoms with E-state index in [-0.39, 0.29) is 15.7 Å². The highest BCUT2D eigenvalue weighted by molar-refractivity contribution is 9.10. The number of nitrogens with one attached hydrogen (secondary N) is 1. The molecule has 0 aromatic heterocycles. The molecule has 1 amide bonds. The normalized spacial score (nSPS) is 10.4. The zero-order valence-electron chi connectivity index (χ0n) is 9.75. The Labute approximate surface area is 132 Å². The third kappa shape index (κ3) is 3.06. The number of aromatic hydroxyl groups is 1. The smallest absolute Gasteiger partial charge is 0.262 e. The first-order valence-corrected chi connectivity index (χ1v) is 6.88. The topological polar surface area (TPSA) is 49.3 Å². The summed E-state index contributed by atoms with van der Waals surface area (Å²) in [5.41, 5.74) is -0.327. The van der Waals surface area contributed by atoms with Crippen molar-refractivity contribution in [1.29, 1.82) is 0 Å². The molecular formula is C13H7BrCl2FNO2. The van der Waals surface area contributed by atoms with E-state index in [1.165, 1.54) is 24.3 Å². The first kappa shape index (κ1) is 15.1. The summed E-state index contributed by atoms with van der Waals surface area (Å²) in [6, 6.07) is 6.64. The fourth-order valence-electron chi connectivity index (χ4n) is 1.58. The number of phenolic OH excluding ortho intramolecular Hbond substituents is 1. The van der Waals surface area contributed by atoms with E-state index in [9.17, 15) is 14.3 Å². The van der Waals surface area contributed by atoms with Crippen LogP contribution in [0.2, 0.25) is 10.0 Å². The van der Waals surface area contributed by atoms with Crippen molar-refractivity contribution >= 4 is 50.7 Å². The quantitative estimate of drug-likeness (QED) is 0.784. The average molecular weight is 379 g/mol. The molecule has 3 nitrogen and oxygen atoms in total. The number of carbonyl (C=O) groups excluding carboxylic acids is 1. The molecule has 2 rings (SSSR count). The minimum absolute atomic E-state index is 0.143. The summed E-state index contributed by atoms with van der Waals surface area (Å²) in [7, 11) is 0. The van der Waals surface area contributed by atoms with Crippen LogP contribution >= 0.6 is 39.1 Å². The summed E-state index contributed by atoms with van der Waals surface area (Å²) >= 11 is 15.1. The van der Waals surface area contributed by atoms with E-state index in [4.69, 9.17) is 23.2 Å². The van der Waals surface area contributed by atoms with Gasteiger partial charge >= 0.3 is 0 Å². The molecule has 0 aliphatic rings. The molecule has 104 valence electrons. The van der Waals surface area contributed by atoms with Crippen molar-refractivity contribution < 1.29 is 14.3 Å². The second-order valence-corrected chi connectivity index (χ2v) is 5.56. The van der Waals surface area contributed by atoms with Gasteiger partial charge in [0.25, 0.3) is 5.91 Å². The Morgan fingerprint density at radius 2 is 1.85 bits per heavy atom. The molecule has 0 bridgehead atoms. The summed E-state index contributed by atoms with van der Waals surface area (Å²) in [6.45, 7) is 0. The van der Waals surface area contributed by atoms with Crippen molar-refractivity contribution in [2.75, 3.05) is 5.32 Å². The highest BCUT2D eigenvalue weighted by Crippen LogP contribution is 2.34. The molecule has 0 aliphatic carbocycles. The van der Waals surface area contributed by atoms with Gasteiger partial charge in [0.15, 0.2) is 0 Å². The maximum Gasteiger partial charge on any atom is 0.262 e. The van der Waals surface area contributed by atoms with Gasteiger partial charge in [0, 0.05) is 4.47 Å². The molecule has 0 saturated heterocycles. The average Bonchev–Trinajstić information content (AvgIpc) is 2.33. The third-order valence-corrected chi connectivity index (χ3v) is 3.52. The fraction of sp³-hybridized carbons (Fsp3) is 0. The van der Waals surface area contributed by atoms with Crippen molar-refractivity contribution in [2.24, 2.45) is 0 Å². The maximum atomic E-state index is 13.6. The predicted molar refractivity (Wildman–Crippen MR) is 80.2 cm³/mol. The van der Waals surface area contributed by atoms with E-state index in [1.54, 1.807) is 0 Å². The van der Waals surface area contributed by atoms with Crippen molar-refractivity contribution in [3.8, 4) is 5.75 Å². The van der Waals surface area contributed by atoms with Gasteiger partial charge in [-0.05, 0) is 24.3 Å². The summed E-state index contributed by atoms with van der Waals surface area (Å²) in [5, 5.41) is 12.3. The van der Waals surface area contributed by atoms with Gasteiger partial charge < -0.3 is 10.4 Å². The molecule has 0 aliphatic heterocycles. The molecule has 2 aromatic carbocycles. The number of rotatable bonds is 2. The maximum absolute atomic E-state index is 13.6. The summed E-state index contributed by atoms with van der Waals surface area (Å²) < 4.78 is 14.2. The third-order valence-electron chi connectivity index (χ3n) is 2.46. The molecule has 2 N–H and O–H groups in total. The highest BCUT2D eigenvalue weighted by atomic mass is 79.9. The Hall–Kier alpha value is -1.30. The van der Waals surface area contributed by atoms with Crippen molar-refractivity contribution in [3.63, 3.8) is 0 Å². The fourth-order valence-corrected chi connectivity index (χ4v) is 2.88. The summed E-state index contributed by atoms with van der Waals surface area (Å²) in [6.07, 6.45) is 0. The Kier molecular flexibility index (Phi) is 4.52. The number of halogens is 4. The molecule has 0 radical (unpaired) electrons. The molecule has 7 heteroatoms. The van der Waals surface area contributed by atoms with Gasteiger partial charge in [0.1, 0.15) is 17.1 Å². The van der Waals surface area contributed by atoms with Crippen LogP contribution in [0.15, 0.2) is 34.8 Å². The van der Waals surface area contributed by atoms with Crippen molar-refractivity contribution in [3.05, 3.63) is 56.2 Å². The Balaban J connectivity index is 2.38. The molecule has 0 saturated carbocycles. The number of carbonyl (C=O) groups is 1. The van der Waals surface area contributed by atoms with Crippen LogP contribution in [0.3, 0.4) is 0 Å². The van der Waals surface area contributed by atoms with E-state index in [1.807, 2.05) is 0 Å². The molecule has 0 fully saturated rings. The highest BCUT2D eigenvalue weighted by Gasteiger charge is 2.19. The molecule has 0 heterocycles. The zero-order chi connectivity index (χ0) is 14.9. The Bertz CT molecular complexity index is 651.